The molecule has 0 amide bonds. The molecule has 2 aliphatic heterocycles. The van der Waals surface area contributed by atoms with Gasteiger partial charge in [0.25, 0.3) is 0 Å². The maximum absolute atomic E-state index is 13.0. The minimum Gasteiger partial charge on any atom is -0.463 e. The van der Waals surface area contributed by atoms with Crippen molar-refractivity contribution in [2.75, 3.05) is 25.6 Å². The van der Waals surface area contributed by atoms with Crippen LogP contribution in [0.4, 0.5) is 5.69 Å². The summed E-state index contributed by atoms with van der Waals surface area (Å²) in [5.74, 6) is -0.336. The van der Waals surface area contributed by atoms with Crippen LogP contribution in [-0.4, -0.2) is 36.7 Å². The lowest BCUT2D eigenvalue weighted by atomic mass is 9.93. The number of hydrogen-bond acceptors (Lipinski definition) is 6. The van der Waals surface area contributed by atoms with E-state index in [0.717, 1.165) is 27.7 Å². The Balaban J connectivity index is 1.83. The molecule has 2 aromatic carbocycles. The van der Waals surface area contributed by atoms with Gasteiger partial charge in [-0.05, 0) is 49.2 Å². The zero-order valence-electron chi connectivity index (χ0n) is 17.9. The smallest absolute Gasteiger partial charge is 0.338 e. The van der Waals surface area contributed by atoms with E-state index in [2.05, 4.69) is 39.5 Å². The second-order valence-electron chi connectivity index (χ2n) is 7.50. The van der Waals surface area contributed by atoms with Gasteiger partial charge in [-0.15, -0.1) is 0 Å². The molecule has 2 heterocycles. The molecule has 0 saturated heterocycles. The first-order valence-electron chi connectivity index (χ1n) is 10.1. The largest absolute Gasteiger partial charge is 0.463 e. The van der Waals surface area contributed by atoms with Crippen molar-refractivity contribution >= 4 is 45.9 Å². The van der Waals surface area contributed by atoms with Gasteiger partial charge in [-0.1, -0.05) is 47.6 Å². The highest BCUT2D eigenvalue weighted by Crippen LogP contribution is 2.47. The quantitative estimate of drug-likeness (QED) is 0.543. The van der Waals surface area contributed by atoms with Gasteiger partial charge in [0.15, 0.2) is 5.17 Å². The fourth-order valence-electron chi connectivity index (χ4n) is 3.75. The second kappa shape index (κ2) is 8.81. The number of halogens is 1. The van der Waals surface area contributed by atoms with E-state index in [-0.39, 0.29) is 12.0 Å². The first-order chi connectivity index (χ1) is 14.9. The molecule has 160 valence electrons. The number of rotatable bonds is 5. The molecule has 0 aromatic heterocycles. The molecule has 0 saturated carbocycles. The molecule has 2 aliphatic rings. The van der Waals surface area contributed by atoms with E-state index in [9.17, 15) is 4.79 Å². The first kappa shape index (κ1) is 21.5. The molecule has 0 unspecified atom stereocenters. The molecule has 5 nitrogen and oxygen atoms in total. The van der Waals surface area contributed by atoms with E-state index in [1.807, 2.05) is 52.2 Å². The Hall–Kier alpha value is -2.70. The molecule has 0 aliphatic carbocycles. The van der Waals surface area contributed by atoms with Gasteiger partial charge in [-0.25, -0.2) is 9.79 Å². The van der Waals surface area contributed by atoms with Crippen molar-refractivity contribution in [2.45, 2.75) is 19.9 Å². The Morgan fingerprint density at radius 1 is 1.16 bits per heavy atom. The van der Waals surface area contributed by atoms with Crippen LogP contribution in [0.2, 0.25) is 5.02 Å². The normalized spacial score (nSPS) is 17.8. The van der Waals surface area contributed by atoms with Crippen molar-refractivity contribution in [3.63, 3.8) is 0 Å². The van der Waals surface area contributed by atoms with E-state index >= 15 is 0 Å². The average molecular weight is 454 g/mol. The lowest BCUT2D eigenvalue weighted by Gasteiger charge is -2.36. The molecule has 0 fully saturated rings. The number of amidine groups is 1. The van der Waals surface area contributed by atoms with Crippen molar-refractivity contribution in [2.24, 2.45) is 4.99 Å². The summed E-state index contributed by atoms with van der Waals surface area (Å²) in [6, 6.07) is 15.6. The van der Waals surface area contributed by atoms with Crippen LogP contribution < -0.4 is 4.90 Å². The molecule has 4 rings (SSSR count). The monoisotopic (exact) mass is 453 g/mol. The third-order valence-electron chi connectivity index (χ3n) is 5.29. The topological polar surface area (TPSA) is 45.1 Å². The zero-order valence-corrected chi connectivity index (χ0v) is 19.5. The fourth-order valence-corrected chi connectivity index (χ4v) is 4.85. The average Bonchev–Trinajstić information content (AvgIpc) is 3.17. The number of esters is 1. The number of allylic oxidation sites excluding steroid dienone is 1. The third kappa shape index (κ3) is 4.10. The van der Waals surface area contributed by atoms with Crippen LogP contribution in [0.3, 0.4) is 0 Å². The molecule has 0 spiro atoms. The maximum Gasteiger partial charge on any atom is 0.338 e. The third-order valence-corrected chi connectivity index (χ3v) is 6.38. The molecule has 7 heteroatoms. The van der Waals surface area contributed by atoms with Crippen molar-refractivity contribution in [3.8, 4) is 0 Å². The van der Waals surface area contributed by atoms with Crippen molar-refractivity contribution in [1.82, 2.24) is 4.90 Å². The van der Waals surface area contributed by atoms with Crippen LogP contribution in [0.15, 0.2) is 70.2 Å². The SMILES string of the molecule is CCOC(=O)C1=C(C)N=C2SC=C(c3ccc(Cl)cc3)N2[C@H]1c1ccc(N(C)C)cc1. The van der Waals surface area contributed by atoms with Crippen LogP contribution in [0.25, 0.3) is 5.70 Å². The van der Waals surface area contributed by atoms with Crippen molar-refractivity contribution in [3.05, 3.63) is 81.4 Å². The number of carbonyl (C=O) groups is 1. The van der Waals surface area contributed by atoms with Crippen LogP contribution in [0.1, 0.15) is 31.0 Å². The lowest BCUT2D eigenvalue weighted by molar-refractivity contribution is -0.139. The van der Waals surface area contributed by atoms with Crippen LogP contribution in [0, 0.1) is 0 Å². The van der Waals surface area contributed by atoms with E-state index in [0.29, 0.717) is 22.9 Å². The summed E-state index contributed by atoms with van der Waals surface area (Å²) < 4.78 is 5.43. The molecular formula is C24H24ClN3O2S. The van der Waals surface area contributed by atoms with Gasteiger partial charge in [0, 0.05) is 30.2 Å². The number of hydrogen-bond donors (Lipinski definition) is 0. The molecule has 0 bridgehead atoms. The molecule has 31 heavy (non-hydrogen) atoms. The van der Waals surface area contributed by atoms with Crippen molar-refractivity contribution < 1.29 is 9.53 Å². The fraction of sp³-hybridized carbons (Fsp3) is 0.250. The maximum atomic E-state index is 13.0. The van der Waals surface area contributed by atoms with Gasteiger partial charge in [-0.2, -0.15) is 0 Å². The highest BCUT2D eigenvalue weighted by atomic mass is 35.5. The standard InChI is InChI=1S/C24H24ClN3O2S/c1-5-30-23(29)21-15(2)26-24-28(20(14-31-24)16-6-10-18(25)11-7-16)22(21)17-8-12-19(13-9-17)27(3)4/h6-14,22H,5H2,1-4H3/t22-/m0/s1. The second-order valence-corrected chi connectivity index (χ2v) is 8.77. The summed E-state index contributed by atoms with van der Waals surface area (Å²) in [4.78, 5) is 21.9. The van der Waals surface area contributed by atoms with Gasteiger partial charge >= 0.3 is 5.97 Å². The number of anilines is 1. The number of fused-ring (bicyclic) bond motifs is 1. The minimum atomic E-state index is -0.336. The minimum absolute atomic E-state index is 0.313. The highest BCUT2D eigenvalue weighted by molar-refractivity contribution is 8.16. The molecule has 0 radical (unpaired) electrons. The number of benzene rings is 2. The highest BCUT2D eigenvalue weighted by Gasteiger charge is 2.41. The summed E-state index contributed by atoms with van der Waals surface area (Å²) in [7, 11) is 4.01. The van der Waals surface area contributed by atoms with Gasteiger partial charge in [0.2, 0.25) is 0 Å². The van der Waals surface area contributed by atoms with E-state index in [4.69, 9.17) is 21.3 Å². The first-order valence-corrected chi connectivity index (χ1v) is 11.3. The number of aliphatic imine (C=N–C) groups is 1. The summed E-state index contributed by atoms with van der Waals surface area (Å²) >= 11 is 7.66. The Morgan fingerprint density at radius 3 is 2.45 bits per heavy atom. The van der Waals surface area contributed by atoms with Gasteiger partial charge in [0.05, 0.1) is 29.6 Å². The van der Waals surface area contributed by atoms with Crippen LogP contribution in [-0.2, 0) is 9.53 Å². The Kier molecular flexibility index (Phi) is 6.12. The Morgan fingerprint density at radius 2 is 1.84 bits per heavy atom. The number of thioether (sulfide) groups is 1. The molecular weight excluding hydrogens is 430 g/mol. The number of carbonyl (C=O) groups excluding carboxylic acids is 1. The summed E-state index contributed by atoms with van der Waals surface area (Å²) in [5, 5.41) is 3.60. The summed E-state index contributed by atoms with van der Waals surface area (Å²) in [5.41, 5.74) is 5.34. The Labute approximate surface area is 192 Å². The van der Waals surface area contributed by atoms with Gasteiger partial charge < -0.3 is 14.5 Å². The van der Waals surface area contributed by atoms with Crippen LogP contribution in [0.5, 0.6) is 0 Å². The number of ether oxygens (including phenoxy) is 1. The van der Waals surface area contributed by atoms with E-state index in [1.54, 1.807) is 11.8 Å². The van der Waals surface area contributed by atoms with E-state index in [1.165, 1.54) is 0 Å². The van der Waals surface area contributed by atoms with Gasteiger partial charge in [-0.3, -0.25) is 0 Å². The lowest BCUT2D eigenvalue weighted by Crippen LogP contribution is -2.36. The Bertz CT molecular complexity index is 1090. The van der Waals surface area contributed by atoms with Crippen LogP contribution >= 0.6 is 23.4 Å². The predicted octanol–water partition coefficient (Wildman–Crippen LogP) is 5.70. The van der Waals surface area contributed by atoms with Gasteiger partial charge in [0.1, 0.15) is 0 Å². The summed E-state index contributed by atoms with van der Waals surface area (Å²) in [6.45, 7) is 4.00. The predicted molar refractivity (Wildman–Crippen MR) is 129 cm³/mol. The zero-order chi connectivity index (χ0) is 22.1. The van der Waals surface area contributed by atoms with Crippen molar-refractivity contribution in [1.29, 1.82) is 0 Å². The number of nitrogens with zero attached hydrogens (tertiary/aromatic N) is 3. The van der Waals surface area contributed by atoms with E-state index < -0.39 is 0 Å². The molecule has 1 atom stereocenters. The molecule has 0 N–H and O–H groups in total. The summed E-state index contributed by atoms with van der Waals surface area (Å²) in [6.07, 6.45) is 0. The molecule has 2 aromatic rings.